The summed E-state index contributed by atoms with van der Waals surface area (Å²) in [6.07, 6.45) is 8.10. The largest absolute Gasteiger partial charge is 0.493 e. The summed E-state index contributed by atoms with van der Waals surface area (Å²) in [4.78, 5) is 30.7. The van der Waals surface area contributed by atoms with Crippen LogP contribution < -0.4 is 14.8 Å². The number of nitrogens with zero attached hydrogens (tertiary/aromatic N) is 1. The third-order valence-corrected chi connectivity index (χ3v) is 8.44. The van der Waals surface area contributed by atoms with Gasteiger partial charge in [0.05, 0.1) is 16.2 Å². The van der Waals surface area contributed by atoms with Crippen LogP contribution >= 0.6 is 33.9 Å². The molecule has 1 heterocycles. The van der Waals surface area contributed by atoms with E-state index in [0.29, 0.717) is 25.6 Å². The van der Waals surface area contributed by atoms with Crippen LogP contribution in [0.15, 0.2) is 35.3 Å². The maximum atomic E-state index is 13.7. The number of aliphatic carboxylic acids is 1. The number of amides is 1. The predicted octanol–water partition coefficient (Wildman–Crippen LogP) is 7.10. The van der Waals surface area contributed by atoms with E-state index in [0.717, 1.165) is 53.6 Å². The van der Waals surface area contributed by atoms with Crippen LogP contribution in [0.2, 0.25) is 0 Å². The fourth-order valence-corrected chi connectivity index (χ4v) is 6.52. The number of ether oxygens (including phenoxy) is 2. The van der Waals surface area contributed by atoms with Crippen molar-refractivity contribution in [3.05, 3.63) is 66.6 Å². The second kappa shape index (κ2) is 12.8. The summed E-state index contributed by atoms with van der Waals surface area (Å²) in [6.45, 7) is 3.54. The Morgan fingerprint density at radius 3 is 2.63 bits per heavy atom. The lowest BCUT2D eigenvalue weighted by Gasteiger charge is -2.13. The lowest BCUT2D eigenvalue weighted by atomic mass is 9.96. The van der Waals surface area contributed by atoms with Crippen molar-refractivity contribution < 1.29 is 24.2 Å². The van der Waals surface area contributed by atoms with Gasteiger partial charge in [-0.2, -0.15) is 0 Å². The Hall–Kier alpha value is -2.92. The summed E-state index contributed by atoms with van der Waals surface area (Å²) in [7, 11) is 1.51. The first kappa shape index (κ1) is 28.1. The first-order chi connectivity index (χ1) is 18.3. The molecule has 0 radical (unpaired) electrons. The Labute approximate surface area is 240 Å². The number of nitrogens with one attached hydrogen (secondary N) is 1. The molecule has 4 rings (SSSR count). The van der Waals surface area contributed by atoms with Gasteiger partial charge in [0, 0.05) is 16.8 Å². The zero-order chi connectivity index (χ0) is 27.2. The fourth-order valence-electron chi connectivity index (χ4n) is 4.51. The lowest BCUT2D eigenvalue weighted by molar-refractivity contribution is -0.139. The number of fused-ring (bicyclic) bond motifs is 1. The molecule has 1 aliphatic rings. The lowest BCUT2D eigenvalue weighted by Crippen LogP contribution is -2.15. The van der Waals surface area contributed by atoms with Crippen LogP contribution in [0.3, 0.4) is 0 Å². The molecule has 0 fully saturated rings. The number of methoxy groups -OCH3 is 1. The number of halogens is 1. The van der Waals surface area contributed by atoms with Crippen LogP contribution in [0.4, 0.5) is 10.7 Å². The van der Waals surface area contributed by atoms with Gasteiger partial charge in [0.1, 0.15) is 5.00 Å². The Balaban J connectivity index is 1.70. The van der Waals surface area contributed by atoms with Crippen molar-refractivity contribution >= 4 is 62.7 Å². The van der Waals surface area contributed by atoms with Crippen LogP contribution in [0.25, 0.3) is 0 Å². The predicted molar refractivity (Wildman–Crippen MR) is 160 cm³/mol. The fraction of sp³-hybridized carbons (Fsp3) is 0.345. The van der Waals surface area contributed by atoms with Crippen molar-refractivity contribution in [2.24, 2.45) is 4.99 Å². The van der Waals surface area contributed by atoms with Gasteiger partial charge in [-0.3, -0.25) is 4.79 Å². The molecule has 3 aromatic rings. The zero-order valence-corrected chi connectivity index (χ0v) is 24.7. The van der Waals surface area contributed by atoms with Crippen molar-refractivity contribution in [1.82, 2.24) is 0 Å². The van der Waals surface area contributed by atoms with E-state index in [1.54, 1.807) is 23.6 Å². The van der Waals surface area contributed by atoms with E-state index < -0.39 is 12.6 Å². The quantitative estimate of drug-likeness (QED) is 0.201. The van der Waals surface area contributed by atoms with Crippen LogP contribution in [-0.2, 0) is 17.6 Å². The third kappa shape index (κ3) is 6.74. The van der Waals surface area contributed by atoms with Gasteiger partial charge in [0.25, 0.3) is 5.91 Å². The molecule has 1 amide bonds. The number of carbonyl (C=O) groups is 2. The van der Waals surface area contributed by atoms with E-state index in [2.05, 4.69) is 27.9 Å². The molecule has 200 valence electrons. The minimum atomic E-state index is -1.06. The molecule has 0 spiro atoms. The van der Waals surface area contributed by atoms with Crippen LogP contribution in [0, 0.1) is 17.4 Å². The SMILES string of the molecule is COc1cc(C=Nc2sc3c(c2C(=O)Nc2cc(C)ccc2C)CCCCCC3)cc(I)c1OCC(=O)O. The second-order valence-corrected chi connectivity index (χ2v) is 11.6. The Kier molecular flexibility index (Phi) is 9.43. The minimum Gasteiger partial charge on any atom is -0.493 e. The molecule has 0 atom stereocenters. The molecule has 2 N–H and O–H groups in total. The van der Waals surface area contributed by atoms with Gasteiger partial charge < -0.3 is 19.9 Å². The molecule has 0 saturated heterocycles. The highest BCUT2D eigenvalue weighted by molar-refractivity contribution is 14.1. The first-order valence-electron chi connectivity index (χ1n) is 12.6. The molecule has 38 heavy (non-hydrogen) atoms. The number of anilines is 1. The highest BCUT2D eigenvalue weighted by Crippen LogP contribution is 2.40. The molecule has 0 unspecified atom stereocenters. The summed E-state index contributed by atoms with van der Waals surface area (Å²) in [5, 5.41) is 12.8. The van der Waals surface area contributed by atoms with Crippen LogP contribution in [0.5, 0.6) is 11.5 Å². The smallest absolute Gasteiger partial charge is 0.341 e. The monoisotopic (exact) mass is 646 g/mol. The molecule has 0 bridgehead atoms. The topological polar surface area (TPSA) is 97.2 Å². The van der Waals surface area contributed by atoms with Gasteiger partial charge >= 0.3 is 5.97 Å². The molecule has 1 aliphatic carbocycles. The van der Waals surface area contributed by atoms with Gasteiger partial charge in [0.2, 0.25) is 0 Å². The maximum Gasteiger partial charge on any atom is 0.341 e. The third-order valence-electron chi connectivity index (χ3n) is 6.44. The maximum absolute atomic E-state index is 13.7. The van der Waals surface area contributed by atoms with Gasteiger partial charge in [0.15, 0.2) is 18.1 Å². The number of carboxylic acids is 1. The number of hydrogen-bond donors (Lipinski definition) is 2. The molecule has 0 aliphatic heterocycles. The number of thiophene rings is 1. The summed E-state index contributed by atoms with van der Waals surface area (Å²) < 4.78 is 11.6. The van der Waals surface area contributed by atoms with E-state index in [9.17, 15) is 9.59 Å². The molecule has 9 heteroatoms. The number of carboxylic acid groups (broad SMARTS) is 1. The van der Waals surface area contributed by atoms with Crippen molar-refractivity contribution in [3.8, 4) is 11.5 Å². The molecule has 7 nitrogen and oxygen atoms in total. The van der Waals surface area contributed by atoms with E-state index in [-0.39, 0.29) is 5.91 Å². The standard InChI is InChI=1S/C29H31IN2O5S/c1-17-10-11-18(2)22(12-17)32-28(35)26-20-8-6-4-5-7-9-24(20)38-29(26)31-15-19-13-21(30)27(23(14-19)36-3)37-16-25(33)34/h10-15H,4-9,16H2,1-3H3,(H,32,35)(H,33,34). The number of aliphatic imine (C=N–C) groups is 1. The average molecular weight is 647 g/mol. The van der Waals surface area contributed by atoms with E-state index in [1.165, 1.54) is 24.8 Å². The summed E-state index contributed by atoms with van der Waals surface area (Å²) in [5.74, 6) is -0.395. The van der Waals surface area contributed by atoms with Gasteiger partial charge in [-0.05, 0) is 103 Å². The van der Waals surface area contributed by atoms with Crippen molar-refractivity contribution in [2.75, 3.05) is 19.0 Å². The molecular weight excluding hydrogens is 615 g/mol. The molecule has 0 saturated carbocycles. The second-order valence-electron chi connectivity index (χ2n) is 9.35. The highest BCUT2D eigenvalue weighted by atomic mass is 127. The average Bonchev–Trinajstić information content (AvgIpc) is 3.20. The number of aryl methyl sites for hydroxylation is 3. The molecular formula is C29H31IN2O5S. The summed E-state index contributed by atoms with van der Waals surface area (Å²) in [5.41, 5.74) is 5.45. The normalized spacial score (nSPS) is 13.5. The highest BCUT2D eigenvalue weighted by Gasteiger charge is 2.24. The van der Waals surface area contributed by atoms with Gasteiger partial charge in [-0.25, -0.2) is 9.79 Å². The minimum absolute atomic E-state index is 0.131. The first-order valence-corrected chi connectivity index (χ1v) is 14.5. The van der Waals surface area contributed by atoms with E-state index >= 15 is 0 Å². The van der Waals surface area contributed by atoms with E-state index in [1.807, 2.05) is 38.1 Å². The van der Waals surface area contributed by atoms with Crippen LogP contribution in [-0.4, -0.2) is 36.9 Å². The number of carbonyl (C=O) groups excluding carboxylic acids is 1. The van der Waals surface area contributed by atoms with Gasteiger partial charge in [-0.15, -0.1) is 11.3 Å². The number of benzene rings is 2. The van der Waals surface area contributed by atoms with Crippen molar-refractivity contribution in [3.63, 3.8) is 0 Å². The molecule has 2 aromatic carbocycles. The van der Waals surface area contributed by atoms with Crippen molar-refractivity contribution in [1.29, 1.82) is 0 Å². The zero-order valence-electron chi connectivity index (χ0n) is 21.7. The van der Waals surface area contributed by atoms with Crippen LogP contribution in [0.1, 0.15) is 63.2 Å². The Morgan fingerprint density at radius 1 is 1.13 bits per heavy atom. The Bertz CT molecular complexity index is 1380. The summed E-state index contributed by atoms with van der Waals surface area (Å²) >= 11 is 3.69. The van der Waals surface area contributed by atoms with E-state index in [4.69, 9.17) is 19.6 Å². The number of rotatable bonds is 8. The number of hydrogen-bond acceptors (Lipinski definition) is 6. The Morgan fingerprint density at radius 2 is 1.89 bits per heavy atom. The molecule has 1 aromatic heterocycles. The summed E-state index contributed by atoms with van der Waals surface area (Å²) in [6, 6.07) is 9.65. The van der Waals surface area contributed by atoms with Gasteiger partial charge in [-0.1, -0.05) is 25.0 Å². The van der Waals surface area contributed by atoms with Crippen molar-refractivity contribution in [2.45, 2.75) is 52.4 Å².